The Morgan fingerprint density at radius 3 is 2.54 bits per heavy atom. The van der Waals surface area contributed by atoms with E-state index in [1.807, 2.05) is 0 Å². The highest BCUT2D eigenvalue weighted by molar-refractivity contribution is 6.31. The van der Waals surface area contributed by atoms with Crippen molar-refractivity contribution in [3.8, 4) is 0 Å². The van der Waals surface area contributed by atoms with E-state index in [1.54, 1.807) is 43.3 Å². The first-order valence-corrected chi connectivity index (χ1v) is 8.82. The predicted octanol–water partition coefficient (Wildman–Crippen LogP) is 3.99. The molecule has 0 N–H and O–H groups in total. The maximum absolute atomic E-state index is 12.6. The van der Waals surface area contributed by atoms with Crippen molar-refractivity contribution in [1.82, 2.24) is 0 Å². The van der Waals surface area contributed by atoms with E-state index in [2.05, 4.69) is 0 Å². The molecule has 0 radical (unpaired) electrons. The van der Waals surface area contributed by atoms with Gasteiger partial charge in [-0.2, -0.15) is 0 Å². The minimum absolute atomic E-state index is 0.201. The van der Waals surface area contributed by atoms with Gasteiger partial charge in [-0.1, -0.05) is 41.9 Å². The Balaban J connectivity index is 2.22. The number of carbonyl (C=O) groups excluding carboxylic acids is 3. The average molecular weight is 403 g/mol. The van der Waals surface area contributed by atoms with E-state index in [4.69, 9.17) is 25.8 Å². The summed E-state index contributed by atoms with van der Waals surface area (Å²) >= 11 is 6.12. The van der Waals surface area contributed by atoms with Crippen LogP contribution in [0.5, 0.6) is 0 Å². The van der Waals surface area contributed by atoms with E-state index in [0.717, 1.165) is 0 Å². The van der Waals surface area contributed by atoms with Crippen LogP contribution in [0.1, 0.15) is 34.5 Å². The van der Waals surface area contributed by atoms with E-state index < -0.39 is 24.0 Å². The summed E-state index contributed by atoms with van der Waals surface area (Å²) in [5, 5.41) is 0.275. The molecule has 0 saturated carbocycles. The third kappa shape index (κ3) is 5.69. The molecular formula is C21H19ClO6. The molecule has 28 heavy (non-hydrogen) atoms. The van der Waals surface area contributed by atoms with Crippen LogP contribution in [0, 0.1) is 0 Å². The van der Waals surface area contributed by atoms with Crippen LogP contribution in [0.4, 0.5) is 0 Å². The molecule has 7 heteroatoms. The fourth-order valence-electron chi connectivity index (χ4n) is 2.33. The Kier molecular flexibility index (Phi) is 7.77. The predicted molar refractivity (Wildman–Crippen MR) is 104 cm³/mol. The zero-order chi connectivity index (χ0) is 20.5. The third-order valence-electron chi connectivity index (χ3n) is 3.65. The highest BCUT2D eigenvalue weighted by Crippen LogP contribution is 2.27. The van der Waals surface area contributed by atoms with Gasteiger partial charge < -0.3 is 14.2 Å². The van der Waals surface area contributed by atoms with Crippen LogP contribution >= 0.6 is 11.6 Å². The van der Waals surface area contributed by atoms with Crippen molar-refractivity contribution < 1.29 is 28.6 Å². The van der Waals surface area contributed by atoms with Crippen molar-refractivity contribution in [3.63, 3.8) is 0 Å². The van der Waals surface area contributed by atoms with E-state index in [1.165, 1.54) is 31.4 Å². The lowest BCUT2D eigenvalue weighted by atomic mass is 10.1. The van der Waals surface area contributed by atoms with Gasteiger partial charge in [0, 0.05) is 16.7 Å². The van der Waals surface area contributed by atoms with E-state index in [-0.39, 0.29) is 17.2 Å². The van der Waals surface area contributed by atoms with Crippen LogP contribution in [0.2, 0.25) is 5.02 Å². The molecule has 146 valence electrons. The molecule has 2 rings (SSSR count). The summed E-state index contributed by atoms with van der Waals surface area (Å²) in [7, 11) is 1.20. The summed E-state index contributed by atoms with van der Waals surface area (Å²) in [6.07, 6.45) is 1.47. The lowest BCUT2D eigenvalue weighted by Gasteiger charge is -2.17. The summed E-state index contributed by atoms with van der Waals surface area (Å²) in [4.78, 5) is 36.1. The topological polar surface area (TPSA) is 78.9 Å². The van der Waals surface area contributed by atoms with Crippen molar-refractivity contribution >= 4 is 35.6 Å². The normalized spacial score (nSPS) is 11.7. The molecule has 0 heterocycles. The smallest absolute Gasteiger partial charge is 0.352 e. The van der Waals surface area contributed by atoms with Gasteiger partial charge in [-0.3, -0.25) is 0 Å². The molecule has 0 aliphatic carbocycles. The first-order valence-electron chi connectivity index (χ1n) is 8.44. The number of rotatable bonds is 7. The number of benzene rings is 2. The molecule has 2 aromatic rings. The highest BCUT2D eigenvalue weighted by atomic mass is 35.5. The summed E-state index contributed by atoms with van der Waals surface area (Å²) in [5.74, 6) is -1.97. The molecule has 0 fully saturated rings. The number of hydrogen-bond donors (Lipinski definition) is 0. The Labute approximate surface area is 167 Å². The molecular weight excluding hydrogens is 384 g/mol. The zero-order valence-corrected chi connectivity index (χ0v) is 16.1. The van der Waals surface area contributed by atoms with Gasteiger partial charge in [0.2, 0.25) is 6.10 Å². The maximum Gasteiger partial charge on any atom is 0.352 e. The number of esters is 3. The van der Waals surface area contributed by atoms with E-state index in [9.17, 15) is 14.4 Å². The van der Waals surface area contributed by atoms with Crippen molar-refractivity contribution in [2.45, 2.75) is 13.0 Å². The average Bonchev–Trinajstić information content (AvgIpc) is 2.71. The van der Waals surface area contributed by atoms with Crippen molar-refractivity contribution in [2.24, 2.45) is 0 Å². The molecule has 2 aromatic carbocycles. The monoisotopic (exact) mass is 402 g/mol. The van der Waals surface area contributed by atoms with Crippen molar-refractivity contribution in [1.29, 1.82) is 0 Å². The van der Waals surface area contributed by atoms with Gasteiger partial charge in [-0.15, -0.1) is 0 Å². The largest absolute Gasteiger partial charge is 0.466 e. The molecule has 1 atom stereocenters. The highest BCUT2D eigenvalue weighted by Gasteiger charge is 2.28. The fraction of sp³-hybridized carbons (Fsp3) is 0.190. The number of ether oxygens (including phenoxy) is 3. The number of hydrogen-bond acceptors (Lipinski definition) is 6. The minimum atomic E-state index is -1.30. The van der Waals surface area contributed by atoms with Gasteiger partial charge in [-0.05, 0) is 36.8 Å². The van der Waals surface area contributed by atoms with Crippen LogP contribution in [0.3, 0.4) is 0 Å². The van der Waals surface area contributed by atoms with E-state index >= 15 is 0 Å². The molecule has 0 amide bonds. The second-order valence-corrected chi connectivity index (χ2v) is 5.95. The van der Waals surface area contributed by atoms with Crippen LogP contribution in [0.25, 0.3) is 6.08 Å². The molecule has 0 bridgehead atoms. The van der Waals surface area contributed by atoms with Gasteiger partial charge >= 0.3 is 17.9 Å². The fourth-order valence-corrected chi connectivity index (χ4v) is 2.57. The molecule has 0 aliphatic rings. The summed E-state index contributed by atoms with van der Waals surface area (Å²) in [5.41, 5.74) is 1.12. The van der Waals surface area contributed by atoms with Crippen LogP contribution in [0.15, 0.2) is 54.6 Å². The van der Waals surface area contributed by atoms with E-state index in [0.29, 0.717) is 11.1 Å². The standard InChI is InChI=1S/C21H19ClO6/c1-3-27-18(23)12-11-14-7-6-8-15(13-14)20(24)28-19(21(25)26-2)16-9-4-5-10-17(16)22/h4-13,19H,3H2,1-2H3/b12-11+. The summed E-state index contributed by atoms with van der Waals surface area (Å²) in [6.45, 7) is 1.98. The first kappa shape index (κ1) is 21.2. The van der Waals surface area contributed by atoms with Crippen LogP contribution in [-0.2, 0) is 23.8 Å². The maximum atomic E-state index is 12.6. The second-order valence-electron chi connectivity index (χ2n) is 5.54. The van der Waals surface area contributed by atoms with Gasteiger partial charge in [0.1, 0.15) is 0 Å². The molecule has 0 aliphatic heterocycles. The number of carbonyl (C=O) groups is 3. The summed E-state index contributed by atoms with van der Waals surface area (Å²) < 4.78 is 14.9. The number of halogens is 1. The molecule has 0 aromatic heterocycles. The summed E-state index contributed by atoms with van der Waals surface area (Å²) in [6, 6.07) is 12.9. The van der Waals surface area contributed by atoms with Crippen molar-refractivity contribution in [3.05, 3.63) is 76.3 Å². The van der Waals surface area contributed by atoms with Gasteiger partial charge in [0.05, 0.1) is 19.3 Å². The van der Waals surface area contributed by atoms with Crippen molar-refractivity contribution in [2.75, 3.05) is 13.7 Å². The van der Waals surface area contributed by atoms with Crippen LogP contribution in [-0.4, -0.2) is 31.6 Å². The number of methoxy groups -OCH3 is 1. The molecule has 0 saturated heterocycles. The lowest BCUT2D eigenvalue weighted by Crippen LogP contribution is -2.21. The van der Waals surface area contributed by atoms with Gasteiger partial charge in [0.25, 0.3) is 0 Å². The molecule has 6 nitrogen and oxygen atoms in total. The van der Waals surface area contributed by atoms with Gasteiger partial charge in [0.15, 0.2) is 0 Å². The first-order chi connectivity index (χ1) is 13.5. The Bertz CT molecular complexity index is 890. The van der Waals surface area contributed by atoms with Gasteiger partial charge in [-0.25, -0.2) is 14.4 Å². The molecule has 0 spiro atoms. The third-order valence-corrected chi connectivity index (χ3v) is 3.99. The second kappa shape index (κ2) is 10.3. The Morgan fingerprint density at radius 2 is 1.86 bits per heavy atom. The minimum Gasteiger partial charge on any atom is -0.466 e. The lowest BCUT2D eigenvalue weighted by molar-refractivity contribution is -0.151. The Morgan fingerprint density at radius 1 is 1.11 bits per heavy atom. The quantitative estimate of drug-likeness (QED) is 0.396. The Hall–Kier alpha value is -3.12. The SMILES string of the molecule is CCOC(=O)/C=C/c1cccc(C(=O)OC(C(=O)OC)c2ccccc2Cl)c1. The van der Waals surface area contributed by atoms with Crippen LogP contribution < -0.4 is 0 Å². The molecule has 1 unspecified atom stereocenters. The zero-order valence-electron chi connectivity index (χ0n) is 15.4.